The highest BCUT2D eigenvalue weighted by Gasteiger charge is 2.04. The molecule has 0 radical (unpaired) electrons. The van der Waals surface area contributed by atoms with Crippen LogP contribution in [-0.2, 0) is 9.53 Å². The highest BCUT2D eigenvalue weighted by atomic mass is 16.5. The predicted molar refractivity (Wildman–Crippen MR) is 102 cm³/mol. The van der Waals surface area contributed by atoms with Crippen LogP contribution >= 0.6 is 0 Å². The number of unbranched alkanes of at least 4 members (excludes halogenated alkanes) is 11. The standard InChI is InChI=1S/C21H42O3/c1-4-20(22)17-15-13-11-9-7-5-6-8-10-12-14-16-18-21(23)24-19(2)3/h19-20,22H,4-18H2,1-3H3. The SMILES string of the molecule is CCC(O)CCCCCCCCCCCCCCC(=O)OC(C)C. The summed E-state index contributed by atoms with van der Waals surface area (Å²) in [5.74, 6) is -0.0470. The molecule has 0 fully saturated rings. The Bertz CT molecular complexity index is 276. The van der Waals surface area contributed by atoms with Crippen LogP contribution in [0.1, 0.15) is 117 Å². The molecule has 0 aromatic carbocycles. The molecule has 24 heavy (non-hydrogen) atoms. The van der Waals surface area contributed by atoms with Gasteiger partial charge in [0.15, 0.2) is 0 Å². The Kier molecular flexibility index (Phi) is 16.8. The Labute approximate surface area is 150 Å². The minimum atomic E-state index is -0.0779. The van der Waals surface area contributed by atoms with Crippen LogP contribution in [0.2, 0.25) is 0 Å². The minimum absolute atomic E-state index is 0.0143. The summed E-state index contributed by atoms with van der Waals surface area (Å²) in [5, 5.41) is 9.47. The maximum Gasteiger partial charge on any atom is 0.306 e. The Balaban J connectivity index is 3.11. The Morgan fingerprint density at radius 1 is 0.792 bits per heavy atom. The maximum absolute atomic E-state index is 11.4. The second-order valence-corrected chi connectivity index (χ2v) is 7.38. The van der Waals surface area contributed by atoms with E-state index in [1.54, 1.807) is 0 Å². The molecule has 0 amide bonds. The third kappa shape index (κ3) is 17.8. The summed E-state index contributed by atoms with van der Waals surface area (Å²) in [4.78, 5) is 11.4. The largest absolute Gasteiger partial charge is 0.463 e. The second-order valence-electron chi connectivity index (χ2n) is 7.38. The summed E-state index contributed by atoms with van der Waals surface area (Å²) in [5.41, 5.74) is 0. The third-order valence-electron chi connectivity index (χ3n) is 4.51. The molecule has 0 aliphatic rings. The fraction of sp³-hybridized carbons (Fsp3) is 0.952. The molecule has 0 spiro atoms. The smallest absolute Gasteiger partial charge is 0.306 e. The van der Waals surface area contributed by atoms with Crippen molar-refractivity contribution in [3.05, 3.63) is 0 Å². The van der Waals surface area contributed by atoms with E-state index in [-0.39, 0.29) is 18.2 Å². The first-order valence-electron chi connectivity index (χ1n) is 10.4. The van der Waals surface area contributed by atoms with Crippen molar-refractivity contribution < 1.29 is 14.6 Å². The number of aliphatic hydroxyl groups excluding tert-OH is 1. The number of aliphatic hydroxyl groups is 1. The van der Waals surface area contributed by atoms with E-state index >= 15 is 0 Å². The zero-order valence-corrected chi connectivity index (χ0v) is 16.5. The molecule has 0 rings (SSSR count). The number of carbonyl (C=O) groups is 1. The first-order chi connectivity index (χ1) is 11.6. The van der Waals surface area contributed by atoms with Crippen LogP contribution < -0.4 is 0 Å². The van der Waals surface area contributed by atoms with Gasteiger partial charge in [0.1, 0.15) is 0 Å². The van der Waals surface area contributed by atoms with Crippen molar-refractivity contribution in [3.63, 3.8) is 0 Å². The number of hydrogen-bond donors (Lipinski definition) is 1. The van der Waals surface area contributed by atoms with Gasteiger partial charge in [0, 0.05) is 6.42 Å². The third-order valence-corrected chi connectivity index (χ3v) is 4.51. The van der Waals surface area contributed by atoms with Crippen LogP contribution in [0, 0.1) is 0 Å². The zero-order valence-electron chi connectivity index (χ0n) is 16.5. The van der Waals surface area contributed by atoms with Crippen LogP contribution in [0.5, 0.6) is 0 Å². The van der Waals surface area contributed by atoms with E-state index in [0.717, 1.165) is 25.7 Å². The van der Waals surface area contributed by atoms with Crippen molar-refractivity contribution in [2.75, 3.05) is 0 Å². The molecule has 144 valence electrons. The van der Waals surface area contributed by atoms with Crippen molar-refractivity contribution in [2.45, 2.75) is 129 Å². The molecule has 0 aliphatic carbocycles. The van der Waals surface area contributed by atoms with E-state index in [1.807, 2.05) is 20.8 Å². The van der Waals surface area contributed by atoms with Crippen LogP contribution in [0.4, 0.5) is 0 Å². The van der Waals surface area contributed by atoms with E-state index < -0.39 is 0 Å². The topological polar surface area (TPSA) is 46.5 Å². The monoisotopic (exact) mass is 342 g/mol. The van der Waals surface area contributed by atoms with Crippen molar-refractivity contribution in [1.29, 1.82) is 0 Å². The van der Waals surface area contributed by atoms with Gasteiger partial charge in [-0.2, -0.15) is 0 Å². The number of ether oxygens (including phenoxy) is 1. The lowest BCUT2D eigenvalue weighted by Gasteiger charge is -2.07. The lowest BCUT2D eigenvalue weighted by Crippen LogP contribution is -2.10. The lowest BCUT2D eigenvalue weighted by molar-refractivity contribution is -0.147. The summed E-state index contributed by atoms with van der Waals surface area (Å²) in [7, 11) is 0. The molecule has 0 aliphatic heterocycles. The van der Waals surface area contributed by atoms with Gasteiger partial charge in [-0.25, -0.2) is 0 Å². The summed E-state index contributed by atoms with van der Waals surface area (Å²) in [6.45, 7) is 5.84. The van der Waals surface area contributed by atoms with Crippen molar-refractivity contribution in [3.8, 4) is 0 Å². The average molecular weight is 343 g/mol. The van der Waals surface area contributed by atoms with Gasteiger partial charge in [0.2, 0.25) is 0 Å². The Morgan fingerprint density at radius 3 is 1.62 bits per heavy atom. The molecule has 1 unspecified atom stereocenters. The number of hydrogen-bond acceptors (Lipinski definition) is 3. The van der Waals surface area contributed by atoms with Crippen LogP contribution in [0.25, 0.3) is 0 Å². The van der Waals surface area contributed by atoms with Gasteiger partial charge in [-0.1, -0.05) is 77.6 Å². The van der Waals surface area contributed by atoms with E-state index in [0.29, 0.717) is 6.42 Å². The lowest BCUT2D eigenvalue weighted by atomic mass is 10.0. The Morgan fingerprint density at radius 2 is 1.21 bits per heavy atom. The fourth-order valence-corrected chi connectivity index (χ4v) is 2.94. The molecule has 1 atom stereocenters. The molecule has 1 N–H and O–H groups in total. The molecule has 0 aromatic heterocycles. The van der Waals surface area contributed by atoms with Gasteiger partial charge in [-0.3, -0.25) is 4.79 Å². The van der Waals surface area contributed by atoms with Crippen molar-refractivity contribution in [2.24, 2.45) is 0 Å². The molecule has 0 saturated carbocycles. The maximum atomic E-state index is 11.4. The van der Waals surface area contributed by atoms with E-state index in [2.05, 4.69) is 0 Å². The summed E-state index contributed by atoms with van der Waals surface area (Å²) >= 11 is 0. The number of rotatable bonds is 17. The van der Waals surface area contributed by atoms with Gasteiger partial charge >= 0.3 is 5.97 Å². The van der Waals surface area contributed by atoms with Crippen LogP contribution in [0.15, 0.2) is 0 Å². The van der Waals surface area contributed by atoms with Gasteiger partial charge in [0.05, 0.1) is 12.2 Å². The molecule has 0 aromatic rings. The molecule has 0 bridgehead atoms. The average Bonchev–Trinajstić information content (AvgIpc) is 2.54. The first kappa shape index (κ1) is 23.4. The predicted octanol–water partition coefficient (Wildman–Crippen LogP) is 6.17. The van der Waals surface area contributed by atoms with Gasteiger partial charge in [-0.05, 0) is 33.1 Å². The van der Waals surface area contributed by atoms with Crippen molar-refractivity contribution in [1.82, 2.24) is 0 Å². The molecular formula is C21H42O3. The molecule has 3 heteroatoms. The molecule has 0 heterocycles. The van der Waals surface area contributed by atoms with E-state index in [4.69, 9.17) is 4.74 Å². The fourth-order valence-electron chi connectivity index (χ4n) is 2.94. The van der Waals surface area contributed by atoms with Gasteiger partial charge in [0.25, 0.3) is 0 Å². The zero-order chi connectivity index (χ0) is 18.0. The minimum Gasteiger partial charge on any atom is -0.463 e. The Hall–Kier alpha value is -0.570. The molecule has 0 saturated heterocycles. The van der Waals surface area contributed by atoms with E-state index in [9.17, 15) is 9.90 Å². The van der Waals surface area contributed by atoms with Crippen molar-refractivity contribution >= 4 is 5.97 Å². The summed E-state index contributed by atoms with van der Waals surface area (Å²) < 4.78 is 5.12. The second kappa shape index (κ2) is 17.3. The molecule has 3 nitrogen and oxygen atoms in total. The normalized spacial score (nSPS) is 12.5. The highest BCUT2D eigenvalue weighted by Crippen LogP contribution is 2.14. The van der Waals surface area contributed by atoms with Crippen LogP contribution in [-0.4, -0.2) is 23.3 Å². The highest BCUT2D eigenvalue weighted by molar-refractivity contribution is 5.69. The summed E-state index contributed by atoms with van der Waals surface area (Å²) in [6.07, 6.45) is 17.6. The number of esters is 1. The first-order valence-corrected chi connectivity index (χ1v) is 10.4. The van der Waals surface area contributed by atoms with Gasteiger partial charge in [-0.15, -0.1) is 0 Å². The van der Waals surface area contributed by atoms with E-state index in [1.165, 1.54) is 64.2 Å². The summed E-state index contributed by atoms with van der Waals surface area (Å²) in [6, 6.07) is 0. The quantitative estimate of drug-likeness (QED) is 0.254. The van der Waals surface area contributed by atoms with Crippen LogP contribution in [0.3, 0.4) is 0 Å². The number of carbonyl (C=O) groups excluding carboxylic acids is 1. The molecular weight excluding hydrogens is 300 g/mol. The van der Waals surface area contributed by atoms with Gasteiger partial charge < -0.3 is 9.84 Å².